The van der Waals surface area contributed by atoms with Crippen molar-refractivity contribution < 1.29 is 26.1 Å². The van der Waals surface area contributed by atoms with Crippen molar-refractivity contribution in [2.75, 3.05) is 13.1 Å². The minimum atomic E-state index is -4.60. The lowest BCUT2D eigenvalue weighted by Gasteiger charge is -2.33. The third kappa shape index (κ3) is 3.91. The number of aromatic nitrogens is 4. The van der Waals surface area contributed by atoms with Gasteiger partial charge in [-0.1, -0.05) is 11.2 Å². The molecule has 184 valence electrons. The summed E-state index contributed by atoms with van der Waals surface area (Å²) in [6.07, 6.45) is 2.66. The van der Waals surface area contributed by atoms with Crippen molar-refractivity contribution in [2.45, 2.75) is 37.4 Å². The van der Waals surface area contributed by atoms with Crippen LogP contribution >= 0.6 is 0 Å². The number of benzene rings is 1. The number of alkyl halides is 3. The van der Waals surface area contributed by atoms with Crippen LogP contribution in [0.2, 0.25) is 0 Å². The van der Waals surface area contributed by atoms with Crippen LogP contribution in [0.3, 0.4) is 0 Å². The van der Waals surface area contributed by atoms with Crippen molar-refractivity contribution >= 4 is 10.2 Å². The lowest BCUT2D eigenvalue weighted by molar-refractivity contribution is -0.136. The van der Waals surface area contributed by atoms with Crippen molar-refractivity contribution in [1.29, 1.82) is 0 Å². The quantitative estimate of drug-likeness (QED) is 0.581. The van der Waals surface area contributed by atoms with Gasteiger partial charge in [0.1, 0.15) is 12.2 Å². The van der Waals surface area contributed by atoms with Crippen LogP contribution < -0.4 is 4.72 Å². The Morgan fingerprint density at radius 2 is 1.91 bits per heavy atom. The van der Waals surface area contributed by atoms with E-state index in [-0.39, 0.29) is 18.4 Å². The first-order chi connectivity index (χ1) is 16.6. The smallest absolute Gasteiger partial charge is 0.334 e. The Kier molecular flexibility index (Phi) is 5.03. The van der Waals surface area contributed by atoms with Crippen LogP contribution in [0.15, 0.2) is 41.3 Å². The summed E-state index contributed by atoms with van der Waals surface area (Å²) in [6.45, 7) is -1.65. The predicted octanol–water partition coefficient (Wildman–Crippen LogP) is 2.77. The molecule has 2 fully saturated rings. The highest BCUT2D eigenvalue weighted by Gasteiger charge is 2.60. The number of rotatable bonds is 3. The van der Waals surface area contributed by atoms with Gasteiger partial charge < -0.3 is 4.52 Å². The first-order valence-electron chi connectivity index (χ1n) is 11.2. The number of nitrogens with one attached hydrogen (secondary N) is 1. The van der Waals surface area contributed by atoms with E-state index in [1.54, 1.807) is 6.20 Å². The lowest BCUT2D eigenvalue weighted by atomic mass is 9.79. The third-order valence-corrected chi connectivity index (χ3v) is 8.95. The maximum atomic E-state index is 13.1. The van der Waals surface area contributed by atoms with Crippen molar-refractivity contribution in [3.8, 4) is 23.0 Å². The molecule has 3 unspecified atom stereocenters. The van der Waals surface area contributed by atoms with Gasteiger partial charge in [0.05, 0.1) is 11.7 Å². The van der Waals surface area contributed by atoms with Gasteiger partial charge in [0.2, 0.25) is 5.82 Å². The Labute approximate surface area is 199 Å². The van der Waals surface area contributed by atoms with Crippen LogP contribution in [0.4, 0.5) is 13.2 Å². The third-order valence-electron chi connectivity index (χ3n) is 7.38. The van der Waals surface area contributed by atoms with Crippen LogP contribution in [0.5, 0.6) is 0 Å². The molecular formula is C22H21F3N6O3S. The van der Waals surface area contributed by atoms with Crippen molar-refractivity contribution in [3.05, 3.63) is 47.9 Å². The van der Waals surface area contributed by atoms with Gasteiger partial charge >= 0.3 is 6.18 Å². The number of fused-ring (bicyclic) bond motifs is 1. The molecule has 1 aliphatic heterocycles. The van der Waals surface area contributed by atoms with Gasteiger partial charge in [-0.15, -0.1) is 0 Å². The van der Waals surface area contributed by atoms with Gasteiger partial charge in [-0.2, -0.15) is 35.6 Å². The molecular weight excluding hydrogens is 485 g/mol. The standard InChI is InChI=1S/C22H21F3N6O3S/c23-22(24,25)12-31-11-21(30-35(31,32)33)16-3-4-17(21)9-15-7-14(2-1-13(15)8-16)20-28-19(29-34-20)18-10-26-5-6-27-18/h1-2,5-7,10,16-17,30H,3-4,8-9,11-12H2. The molecule has 35 heavy (non-hydrogen) atoms. The maximum Gasteiger partial charge on any atom is 0.402 e. The van der Waals surface area contributed by atoms with Gasteiger partial charge in [0.15, 0.2) is 0 Å². The van der Waals surface area contributed by atoms with E-state index in [0.717, 1.165) is 24.0 Å². The predicted molar refractivity (Wildman–Crippen MR) is 117 cm³/mol. The second kappa shape index (κ2) is 7.80. The van der Waals surface area contributed by atoms with Crippen LogP contribution in [-0.4, -0.2) is 57.6 Å². The van der Waals surface area contributed by atoms with Gasteiger partial charge in [0, 0.05) is 24.5 Å². The van der Waals surface area contributed by atoms with E-state index in [0.29, 0.717) is 40.1 Å². The molecule has 1 saturated carbocycles. The van der Waals surface area contributed by atoms with Gasteiger partial charge in [-0.05, 0) is 60.8 Å². The zero-order chi connectivity index (χ0) is 24.4. The van der Waals surface area contributed by atoms with Gasteiger partial charge in [-0.3, -0.25) is 4.98 Å². The Balaban J connectivity index is 1.30. The highest BCUT2D eigenvalue weighted by Crippen LogP contribution is 2.50. The van der Waals surface area contributed by atoms with Crippen molar-refractivity contribution in [1.82, 2.24) is 29.1 Å². The fraction of sp³-hybridized carbons (Fsp3) is 0.455. The molecule has 0 amide bonds. The van der Waals surface area contributed by atoms with E-state index in [9.17, 15) is 21.6 Å². The molecule has 1 N–H and O–H groups in total. The van der Waals surface area contributed by atoms with Gasteiger partial charge in [0.25, 0.3) is 16.1 Å². The molecule has 2 aromatic heterocycles. The molecule has 2 aliphatic carbocycles. The monoisotopic (exact) mass is 506 g/mol. The summed E-state index contributed by atoms with van der Waals surface area (Å²) in [5.74, 6) is 0.427. The van der Waals surface area contributed by atoms with E-state index in [2.05, 4.69) is 24.8 Å². The molecule has 3 heterocycles. The average molecular weight is 507 g/mol. The molecule has 1 aromatic carbocycles. The van der Waals surface area contributed by atoms with Crippen LogP contribution in [0, 0.1) is 11.8 Å². The lowest BCUT2D eigenvalue weighted by Crippen LogP contribution is -2.52. The second-order valence-corrected chi connectivity index (χ2v) is 11.1. The van der Waals surface area contributed by atoms with E-state index in [4.69, 9.17) is 4.52 Å². The first-order valence-corrected chi connectivity index (χ1v) is 12.6. The largest absolute Gasteiger partial charge is 0.402 e. The van der Waals surface area contributed by atoms with E-state index in [1.165, 1.54) is 12.4 Å². The number of hydrogen-bond acceptors (Lipinski definition) is 7. The summed E-state index contributed by atoms with van der Waals surface area (Å²) in [7, 11) is -4.21. The molecule has 6 rings (SSSR count). The number of hydrogen-bond donors (Lipinski definition) is 1. The molecule has 0 radical (unpaired) electrons. The summed E-state index contributed by atoms with van der Waals surface area (Å²) in [6, 6.07) is 5.78. The zero-order valence-electron chi connectivity index (χ0n) is 18.4. The zero-order valence-corrected chi connectivity index (χ0v) is 19.2. The maximum absolute atomic E-state index is 13.1. The molecule has 1 spiro atoms. The summed E-state index contributed by atoms with van der Waals surface area (Å²) in [4.78, 5) is 12.6. The summed E-state index contributed by atoms with van der Waals surface area (Å²) < 4.78 is 73.2. The molecule has 2 bridgehead atoms. The topological polar surface area (TPSA) is 114 Å². The fourth-order valence-electron chi connectivity index (χ4n) is 5.84. The number of nitrogens with zero attached hydrogens (tertiary/aromatic N) is 5. The molecule has 3 aromatic rings. The van der Waals surface area contributed by atoms with Crippen LogP contribution in [-0.2, 0) is 23.1 Å². The van der Waals surface area contributed by atoms with E-state index >= 15 is 0 Å². The van der Waals surface area contributed by atoms with E-state index < -0.39 is 28.5 Å². The van der Waals surface area contributed by atoms with Gasteiger partial charge in [-0.25, -0.2) is 4.98 Å². The Bertz CT molecular complexity index is 1380. The Morgan fingerprint density at radius 3 is 2.63 bits per heavy atom. The Hall–Kier alpha value is -2.90. The molecule has 3 atom stereocenters. The summed E-state index contributed by atoms with van der Waals surface area (Å²) in [5.41, 5.74) is 2.36. The summed E-state index contributed by atoms with van der Waals surface area (Å²) in [5, 5.41) is 3.98. The van der Waals surface area contributed by atoms with Crippen molar-refractivity contribution in [3.63, 3.8) is 0 Å². The first kappa shape index (κ1) is 22.6. The molecule has 9 nitrogen and oxygen atoms in total. The molecule has 13 heteroatoms. The van der Waals surface area contributed by atoms with Crippen molar-refractivity contribution in [2.24, 2.45) is 11.8 Å². The highest BCUT2D eigenvalue weighted by atomic mass is 32.2. The molecule has 3 aliphatic rings. The fourth-order valence-corrected chi connectivity index (χ4v) is 7.54. The molecule has 1 saturated heterocycles. The summed E-state index contributed by atoms with van der Waals surface area (Å²) >= 11 is 0. The highest BCUT2D eigenvalue weighted by molar-refractivity contribution is 7.87. The second-order valence-electron chi connectivity index (χ2n) is 9.41. The van der Waals surface area contributed by atoms with Crippen LogP contribution in [0.1, 0.15) is 24.0 Å². The number of halogens is 3. The van der Waals surface area contributed by atoms with Crippen LogP contribution in [0.25, 0.3) is 23.0 Å². The Morgan fingerprint density at radius 1 is 1.14 bits per heavy atom. The minimum absolute atomic E-state index is 0.0840. The van der Waals surface area contributed by atoms with E-state index in [1.807, 2.05) is 18.2 Å². The normalized spacial score (nSPS) is 27.7. The average Bonchev–Trinajstić information content (AvgIpc) is 3.43. The minimum Gasteiger partial charge on any atom is -0.334 e. The SMILES string of the molecule is O=S1(=O)NC2(CN1CC(F)(F)F)C1CCC2Cc2cc(-c3nc(-c4cnccn4)no3)ccc2C1.